The summed E-state index contributed by atoms with van der Waals surface area (Å²) in [5.74, 6) is 0.268. The van der Waals surface area contributed by atoms with Crippen LogP contribution in [0.15, 0.2) is 39.6 Å². The van der Waals surface area contributed by atoms with E-state index in [4.69, 9.17) is 9.15 Å². The van der Waals surface area contributed by atoms with Gasteiger partial charge in [-0.05, 0) is 37.3 Å². The number of ether oxygens (including phenoxy) is 1. The first-order chi connectivity index (χ1) is 10.5. The topological polar surface area (TPSA) is 79.9 Å². The van der Waals surface area contributed by atoms with Crippen molar-refractivity contribution in [1.82, 2.24) is 0 Å². The number of benzene rings is 2. The predicted octanol–water partition coefficient (Wildman–Crippen LogP) is 3.15. The van der Waals surface area contributed by atoms with Crippen molar-refractivity contribution in [1.29, 1.82) is 0 Å². The predicted molar refractivity (Wildman–Crippen MR) is 82.4 cm³/mol. The molecule has 0 fully saturated rings. The summed E-state index contributed by atoms with van der Waals surface area (Å²) in [4.78, 5) is 12.6. The Kier molecular flexibility index (Phi) is 2.48. The highest BCUT2D eigenvalue weighted by atomic mass is 16.5. The number of phenolic OH excluding ortho intramolecular Hbond substituents is 2. The molecule has 0 saturated heterocycles. The molecule has 3 aromatic rings. The molecule has 2 aromatic carbocycles. The molecule has 2 heterocycles. The van der Waals surface area contributed by atoms with Crippen LogP contribution in [0.4, 0.5) is 0 Å². The van der Waals surface area contributed by atoms with Gasteiger partial charge in [-0.3, -0.25) is 4.79 Å². The summed E-state index contributed by atoms with van der Waals surface area (Å²) >= 11 is 0. The minimum absolute atomic E-state index is 0.0337. The summed E-state index contributed by atoms with van der Waals surface area (Å²) in [6.45, 7) is 1.88. The van der Waals surface area contributed by atoms with E-state index in [1.807, 2.05) is 6.92 Å². The van der Waals surface area contributed by atoms with E-state index in [1.54, 1.807) is 18.2 Å². The lowest BCUT2D eigenvalue weighted by Gasteiger charge is -2.19. The molecule has 22 heavy (non-hydrogen) atoms. The van der Waals surface area contributed by atoms with E-state index < -0.39 is 0 Å². The molecule has 110 valence electrons. The average Bonchev–Trinajstić information content (AvgIpc) is 2.48. The van der Waals surface area contributed by atoms with Crippen molar-refractivity contribution in [3.05, 3.63) is 46.1 Å². The van der Waals surface area contributed by atoms with Gasteiger partial charge in [0.25, 0.3) is 0 Å². The van der Waals surface area contributed by atoms with Crippen molar-refractivity contribution in [3.8, 4) is 17.2 Å². The lowest BCUT2D eigenvalue weighted by molar-refractivity contribution is 0.264. The molecular weight excluding hydrogens is 284 g/mol. The van der Waals surface area contributed by atoms with Gasteiger partial charge in [0, 0.05) is 6.07 Å². The summed E-state index contributed by atoms with van der Waals surface area (Å²) < 4.78 is 11.3. The third-order valence-electron chi connectivity index (χ3n) is 3.77. The number of fused-ring (bicyclic) bond motifs is 3. The Bertz CT molecular complexity index is 1010. The average molecular weight is 296 g/mol. The fourth-order valence-electron chi connectivity index (χ4n) is 2.70. The largest absolute Gasteiger partial charge is 0.508 e. The summed E-state index contributed by atoms with van der Waals surface area (Å²) in [5, 5.41) is 20.3. The van der Waals surface area contributed by atoms with E-state index >= 15 is 0 Å². The van der Waals surface area contributed by atoms with Crippen LogP contribution in [0.25, 0.3) is 28.0 Å². The quantitative estimate of drug-likeness (QED) is 0.623. The summed E-state index contributed by atoms with van der Waals surface area (Å²) in [5.41, 5.74) is 0.660. The van der Waals surface area contributed by atoms with Crippen LogP contribution in [0.3, 0.4) is 0 Å². The van der Waals surface area contributed by atoms with Crippen LogP contribution in [0.2, 0.25) is 0 Å². The first kappa shape index (κ1) is 12.8. The molecule has 0 bridgehead atoms. The summed E-state index contributed by atoms with van der Waals surface area (Å²) in [7, 11) is 0. The minimum atomic E-state index is -0.389. The van der Waals surface area contributed by atoms with Gasteiger partial charge in [0.15, 0.2) is 0 Å². The van der Waals surface area contributed by atoms with Crippen molar-refractivity contribution in [2.45, 2.75) is 13.0 Å². The van der Waals surface area contributed by atoms with Crippen LogP contribution in [0.1, 0.15) is 12.5 Å². The van der Waals surface area contributed by atoms with E-state index in [0.717, 1.165) is 0 Å². The maximum absolute atomic E-state index is 12.6. The van der Waals surface area contributed by atoms with E-state index in [1.165, 1.54) is 18.2 Å². The van der Waals surface area contributed by atoms with Gasteiger partial charge in [0.2, 0.25) is 5.43 Å². The van der Waals surface area contributed by atoms with Crippen LogP contribution in [-0.4, -0.2) is 16.3 Å². The second-order valence-electron chi connectivity index (χ2n) is 5.30. The monoisotopic (exact) mass is 296 g/mol. The SMILES string of the molecule is CC1C=Cc2c(cc3oc4ccc(O)cc4c(=O)c3c2O)O1. The van der Waals surface area contributed by atoms with Crippen molar-refractivity contribution >= 4 is 28.0 Å². The van der Waals surface area contributed by atoms with Crippen LogP contribution in [0.5, 0.6) is 17.2 Å². The van der Waals surface area contributed by atoms with Crippen LogP contribution in [-0.2, 0) is 0 Å². The number of hydrogen-bond donors (Lipinski definition) is 2. The second-order valence-corrected chi connectivity index (χ2v) is 5.30. The first-order valence-electron chi connectivity index (χ1n) is 6.85. The first-order valence-corrected chi connectivity index (χ1v) is 6.85. The van der Waals surface area contributed by atoms with Gasteiger partial charge in [0.1, 0.15) is 39.9 Å². The molecule has 1 atom stereocenters. The maximum Gasteiger partial charge on any atom is 0.204 e. The van der Waals surface area contributed by atoms with Gasteiger partial charge in [-0.2, -0.15) is 0 Å². The molecule has 4 rings (SSSR count). The Morgan fingerprint density at radius 3 is 2.77 bits per heavy atom. The van der Waals surface area contributed by atoms with Gasteiger partial charge in [-0.15, -0.1) is 0 Å². The van der Waals surface area contributed by atoms with Gasteiger partial charge >= 0.3 is 0 Å². The minimum Gasteiger partial charge on any atom is -0.508 e. The second kappa shape index (κ2) is 4.27. The molecule has 5 nitrogen and oxygen atoms in total. The van der Waals surface area contributed by atoms with Crippen LogP contribution < -0.4 is 10.2 Å². The van der Waals surface area contributed by atoms with Gasteiger partial charge in [-0.25, -0.2) is 0 Å². The highest BCUT2D eigenvalue weighted by Gasteiger charge is 2.21. The van der Waals surface area contributed by atoms with Gasteiger partial charge in [0.05, 0.1) is 10.9 Å². The molecule has 1 aromatic heterocycles. The standard InChI is InChI=1S/C17H12O5/c1-8-2-4-10-13(21-8)7-14-15(16(10)19)17(20)11-6-9(18)3-5-12(11)22-14/h2-8,18-19H,1H3. The molecule has 1 unspecified atom stereocenters. The Morgan fingerprint density at radius 2 is 1.95 bits per heavy atom. The smallest absolute Gasteiger partial charge is 0.204 e. The molecule has 0 radical (unpaired) electrons. The molecule has 0 saturated carbocycles. The molecule has 0 amide bonds. The zero-order chi connectivity index (χ0) is 15.4. The van der Waals surface area contributed by atoms with Crippen molar-refractivity contribution in [2.24, 2.45) is 0 Å². The molecule has 0 aliphatic carbocycles. The number of rotatable bonds is 0. The Labute approximate surface area is 124 Å². The lowest BCUT2D eigenvalue weighted by Crippen LogP contribution is -2.13. The molecule has 0 spiro atoms. The summed E-state index contributed by atoms with van der Waals surface area (Å²) in [6.07, 6.45) is 3.40. The van der Waals surface area contributed by atoms with Gasteiger partial charge < -0.3 is 19.4 Å². The number of hydrogen-bond acceptors (Lipinski definition) is 5. The Morgan fingerprint density at radius 1 is 1.14 bits per heavy atom. The highest BCUT2D eigenvalue weighted by molar-refractivity contribution is 5.97. The molecular formula is C17H12O5. The fourth-order valence-corrected chi connectivity index (χ4v) is 2.70. The van der Waals surface area contributed by atoms with Crippen molar-refractivity contribution in [3.63, 3.8) is 0 Å². The van der Waals surface area contributed by atoms with E-state index in [9.17, 15) is 15.0 Å². The molecule has 2 N–H and O–H groups in total. The zero-order valence-corrected chi connectivity index (χ0v) is 11.7. The third kappa shape index (κ3) is 1.69. The molecule has 1 aliphatic heterocycles. The number of phenols is 2. The fraction of sp³-hybridized carbons (Fsp3) is 0.118. The third-order valence-corrected chi connectivity index (χ3v) is 3.77. The highest BCUT2D eigenvalue weighted by Crippen LogP contribution is 2.39. The number of aromatic hydroxyl groups is 2. The molecule has 1 aliphatic rings. The van der Waals surface area contributed by atoms with Crippen molar-refractivity contribution < 1.29 is 19.4 Å². The lowest BCUT2D eigenvalue weighted by atomic mass is 10.0. The van der Waals surface area contributed by atoms with Gasteiger partial charge in [-0.1, -0.05) is 0 Å². The van der Waals surface area contributed by atoms with Crippen LogP contribution in [0, 0.1) is 0 Å². The maximum atomic E-state index is 12.6. The normalized spacial score (nSPS) is 16.7. The van der Waals surface area contributed by atoms with E-state index in [-0.39, 0.29) is 39.4 Å². The Balaban J connectivity index is 2.18. The van der Waals surface area contributed by atoms with E-state index in [0.29, 0.717) is 16.9 Å². The van der Waals surface area contributed by atoms with E-state index in [2.05, 4.69) is 0 Å². The van der Waals surface area contributed by atoms with Crippen molar-refractivity contribution in [2.75, 3.05) is 0 Å². The Hall–Kier alpha value is -2.95. The zero-order valence-electron chi connectivity index (χ0n) is 11.7. The molecule has 5 heteroatoms. The van der Waals surface area contributed by atoms with Crippen LogP contribution >= 0.6 is 0 Å². The summed E-state index contributed by atoms with van der Waals surface area (Å²) in [6, 6.07) is 5.90.